The highest BCUT2D eigenvalue weighted by Gasteiger charge is 2.18. The second-order valence-electron chi connectivity index (χ2n) is 2.81. The fraction of sp³-hybridized carbons (Fsp3) is 0.333. The van der Waals surface area contributed by atoms with Gasteiger partial charge in [-0.15, -0.1) is 0 Å². The normalized spacial score (nSPS) is 13.0. The van der Waals surface area contributed by atoms with Crippen LogP contribution in [-0.2, 0) is 0 Å². The summed E-state index contributed by atoms with van der Waals surface area (Å²) in [5, 5.41) is 10.7. The minimum absolute atomic E-state index is 0.221. The molecule has 0 amide bonds. The monoisotopic (exact) mass is 272 g/mol. The smallest absolute Gasteiger partial charge is 0.0817 e. The first-order valence-corrected chi connectivity index (χ1v) is 5.51. The van der Waals surface area contributed by atoms with Crippen LogP contribution < -0.4 is 0 Å². The molecule has 0 heterocycles. The Labute approximate surface area is 103 Å². The summed E-state index contributed by atoms with van der Waals surface area (Å²) in [4.78, 5) is 0. The average molecular weight is 274 g/mol. The molecule has 0 unspecified atom stereocenters. The zero-order valence-corrected chi connectivity index (χ0v) is 10.3. The van der Waals surface area contributed by atoms with Gasteiger partial charge < -0.3 is 5.11 Å². The molecule has 0 radical (unpaired) electrons. The third-order valence-corrected chi connectivity index (χ3v) is 3.46. The minimum Gasteiger partial charge on any atom is -0.388 e. The number of hydrogen-bond acceptors (Lipinski definition) is 1. The predicted molar refractivity (Wildman–Crippen MR) is 61.7 cm³/mol. The molecule has 0 aliphatic rings. The summed E-state index contributed by atoms with van der Waals surface area (Å²) in [7, 11) is 0. The van der Waals surface area contributed by atoms with E-state index in [0.29, 0.717) is 17.0 Å². The van der Waals surface area contributed by atoms with Crippen LogP contribution in [0.4, 0.5) is 0 Å². The van der Waals surface area contributed by atoms with Gasteiger partial charge in [-0.3, -0.25) is 0 Å². The largest absolute Gasteiger partial charge is 0.388 e. The van der Waals surface area contributed by atoms with E-state index in [-0.39, 0.29) is 15.1 Å². The molecule has 1 N–H and O–H groups in total. The molecule has 1 atom stereocenters. The number of aliphatic hydroxyl groups is 1. The Balaban J connectivity index is 3.36. The molecule has 1 rings (SSSR count). The van der Waals surface area contributed by atoms with Gasteiger partial charge in [0.05, 0.1) is 21.2 Å². The summed E-state index contributed by atoms with van der Waals surface area (Å²) in [6, 6.07) is 1.48. The van der Waals surface area contributed by atoms with Crippen molar-refractivity contribution in [2.75, 3.05) is 0 Å². The first-order valence-electron chi connectivity index (χ1n) is 4.00. The van der Waals surface area contributed by atoms with Crippen molar-refractivity contribution in [3.05, 3.63) is 31.7 Å². The standard InChI is InChI=1S/C9H8Cl4O/c1-2-6(14)7-4(10)3-5(11)8(12)9(7)13/h3,6,14H,2H2,1H3/t6-/m0/s1. The molecule has 1 aromatic rings. The molecule has 0 saturated heterocycles. The molecule has 5 heteroatoms. The number of benzene rings is 1. The number of halogens is 4. The molecule has 1 nitrogen and oxygen atoms in total. The summed E-state index contributed by atoms with van der Waals surface area (Å²) < 4.78 is 0. The van der Waals surface area contributed by atoms with Gasteiger partial charge in [0.25, 0.3) is 0 Å². The fourth-order valence-electron chi connectivity index (χ4n) is 1.09. The van der Waals surface area contributed by atoms with Crippen LogP contribution in [-0.4, -0.2) is 5.11 Å². The highest BCUT2D eigenvalue weighted by atomic mass is 35.5. The summed E-state index contributed by atoms with van der Waals surface area (Å²) >= 11 is 23.4. The topological polar surface area (TPSA) is 20.2 Å². The van der Waals surface area contributed by atoms with E-state index in [4.69, 9.17) is 46.4 Å². The van der Waals surface area contributed by atoms with Gasteiger partial charge in [0, 0.05) is 10.6 Å². The van der Waals surface area contributed by atoms with E-state index in [2.05, 4.69) is 0 Å². The lowest BCUT2D eigenvalue weighted by Crippen LogP contribution is -1.98. The van der Waals surface area contributed by atoms with Gasteiger partial charge in [0.15, 0.2) is 0 Å². The maximum absolute atomic E-state index is 9.64. The molecule has 0 aromatic heterocycles. The van der Waals surface area contributed by atoms with Crippen LogP contribution in [0, 0.1) is 0 Å². The number of hydrogen-bond donors (Lipinski definition) is 1. The Morgan fingerprint density at radius 2 is 1.71 bits per heavy atom. The quantitative estimate of drug-likeness (QED) is 0.609. The molecule has 0 bridgehead atoms. The van der Waals surface area contributed by atoms with Crippen molar-refractivity contribution in [1.29, 1.82) is 0 Å². The second-order valence-corrected chi connectivity index (χ2v) is 4.38. The first kappa shape index (κ1) is 12.4. The van der Waals surface area contributed by atoms with Gasteiger partial charge in [0.2, 0.25) is 0 Å². The molecular weight excluding hydrogens is 266 g/mol. The summed E-state index contributed by atoms with van der Waals surface area (Å²) in [5.74, 6) is 0. The minimum atomic E-state index is -0.718. The van der Waals surface area contributed by atoms with Gasteiger partial charge in [0.1, 0.15) is 0 Å². The van der Waals surface area contributed by atoms with Crippen molar-refractivity contribution in [3.63, 3.8) is 0 Å². The summed E-state index contributed by atoms with van der Waals surface area (Å²) in [6.45, 7) is 1.82. The molecule has 0 spiro atoms. The molecule has 78 valence electrons. The second kappa shape index (κ2) is 4.91. The number of aliphatic hydroxyl groups excluding tert-OH is 1. The Kier molecular flexibility index (Phi) is 4.35. The predicted octanol–water partition coefficient (Wildman–Crippen LogP) is 4.74. The van der Waals surface area contributed by atoms with Crippen LogP contribution in [0.1, 0.15) is 25.0 Å². The van der Waals surface area contributed by atoms with Crippen LogP contribution in [0.2, 0.25) is 20.1 Å². The lowest BCUT2D eigenvalue weighted by molar-refractivity contribution is 0.174. The maximum atomic E-state index is 9.64. The van der Waals surface area contributed by atoms with Crippen LogP contribution >= 0.6 is 46.4 Å². The zero-order valence-electron chi connectivity index (χ0n) is 7.32. The Bertz CT molecular complexity index is 351. The molecule has 0 aliphatic carbocycles. The van der Waals surface area contributed by atoms with E-state index in [1.54, 1.807) is 0 Å². The highest BCUT2D eigenvalue weighted by Crippen LogP contribution is 2.40. The van der Waals surface area contributed by atoms with Crippen molar-refractivity contribution in [2.24, 2.45) is 0 Å². The van der Waals surface area contributed by atoms with E-state index in [1.807, 2.05) is 6.92 Å². The Morgan fingerprint density at radius 1 is 1.14 bits per heavy atom. The van der Waals surface area contributed by atoms with Gasteiger partial charge in [-0.25, -0.2) is 0 Å². The summed E-state index contributed by atoms with van der Waals surface area (Å²) in [6.07, 6.45) is -0.206. The van der Waals surface area contributed by atoms with Crippen molar-refractivity contribution in [2.45, 2.75) is 19.4 Å². The van der Waals surface area contributed by atoms with E-state index < -0.39 is 6.10 Å². The Morgan fingerprint density at radius 3 is 2.21 bits per heavy atom. The first-order chi connectivity index (χ1) is 6.49. The van der Waals surface area contributed by atoms with E-state index >= 15 is 0 Å². The molecule has 14 heavy (non-hydrogen) atoms. The Hall–Kier alpha value is 0.340. The fourth-order valence-corrected chi connectivity index (χ4v) is 2.26. The molecular formula is C9H8Cl4O. The molecule has 0 aliphatic heterocycles. The third-order valence-electron chi connectivity index (χ3n) is 1.87. The molecule has 0 fully saturated rings. The van der Waals surface area contributed by atoms with E-state index in [9.17, 15) is 5.11 Å². The van der Waals surface area contributed by atoms with Gasteiger partial charge in [-0.05, 0) is 12.5 Å². The lowest BCUT2D eigenvalue weighted by atomic mass is 10.1. The van der Waals surface area contributed by atoms with Crippen molar-refractivity contribution >= 4 is 46.4 Å². The van der Waals surface area contributed by atoms with Crippen LogP contribution in [0.25, 0.3) is 0 Å². The van der Waals surface area contributed by atoms with Gasteiger partial charge in [-0.1, -0.05) is 53.3 Å². The lowest BCUT2D eigenvalue weighted by Gasteiger charge is -2.14. The van der Waals surface area contributed by atoms with Crippen molar-refractivity contribution in [3.8, 4) is 0 Å². The maximum Gasteiger partial charge on any atom is 0.0817 e. The van der Waals surface area contributed by atoms with Gasteiger partial charge in [-0.2, -0.15) is 0 Å². The highest BCUT2D eigenvalue weighted by molar-refractivity contribution is 6.49. The van der Waals surface area contributed by atoms with Crippen LogP contribution in [0.15, 0.2) is 6.07 Å². The summed E-state index contributed by atoms with van der Waals surface area (Å²) in [5.41, 5.74) is 0.435. The van der Waals surface area contributed by atoms with Crippen LogP contribution in [0.5, 0.6) is 0 Å². The average Bonchev–Trinajstić information content (AvgIpc) is 2.14. The SMILES string of the molecule is CC[C@H](O)c1c(Cl)cc(Cl)c(Cl)c1Cl. The van der Waals surface area contributed by atoms with Gasteiger partial charge >= 0.3 is 0 Å². The number of rotatable bonds is 2. The third kappa shape index (κ3) is 2.29. The van der Waals surface area contributed by atoms with Crippen molar-refractivity contribution in [1.82, 2.24) is 0 Å². The molecule has 0 saturated carbocycles. The van der Waals surface area contributed by atoms with Crippen molar-refractivity contribution < 1.29 is 5.11 Å². The zero-order chi connectivity index (χ0) is 10.9. The van der Waals surface area contributed by atoms with Crippen LogP contribution in [0.3, 0.4) is 0 Å². The van der Waals surface area contributed by atoms with E-state index in [1.165, 1.54) is 6.07 Å². The van der Waals surface area contributed by atoms with E-state index in [0.717, 1.165) is 0 Å². The molecule has 1 aromatic carbocycles.